The third kappa shape index (κ3) is 2.51. The van der Waals surface area contributed by atoms with Gasteiger partial charge in [0.1, 0.15) is 5.82 Å². The molecule has 0 atom stereocenters. The summed E-state index contributed by atoms with van der Waals surface area (Å²) in [7, 11) is -2.62. The van der Waals surface area contributed by atoms with Crippen LogP contribution in [0.2, 0.25) is 0 Å². The quantitative estimate of drug-likeness (QED) is 0.742. The predicted molar refractivity (Wildman–Crippen MR) is 51.2 cm³/mol. The average Bonchev–Trinajstić information content (AvgIpc) is 2.15. The second-order valence-electron chi connectivity index (χ2n) is 2.77. The molecule has 0 aliphatic rings. The lowest BCUT2D eigenvalue weighted by molar-refractivity contribution is 0.0959. The first-order chi connectivity index (χ1) is 6.86. The molecule has 15 heavy (non-hydrogen) atoms. The Balaban J connectivity index is 3.36. The number of nitrogens with one attached hydrogen (secondary N) is 1. The minimum atomic E-state index is -3.93. The van der Waals surface area contributed by atoms with Crippen molar-refractivity contribution < 1.29 is 17.6 Å². The lowest BCUT2D eigenvalue weighted by Gasteiger charge is -2.03. The minimum Gasteiger partial charge on any atom is -0.355 e. The van der Waals surface area contributed by atoms with Gasteiger partial charge in [-0.2, -0.15) is 0 Å². The number of benzene rings is 1. The van der Waals surface area contributed by atoms with Gasteiger partial charge in [-0.05, 0) is 18.2 Å². The fraction of sp³-hybridized carbons (Fsp3) is 0.125. The number of halogens is 1. The maximum Gasteiger partial charge on any atom is 0.254 e. The van der Waals surface area contributed by atoms with E-state index < -0.39 is 21.7 Å². The van der Waals surface area contributed by atoms with Crippen molar-refractivity contribution in [2.45, 2.75) is 4.90 Å². The van der Waals surface area contributed by atoms with Crippen molar-refractivity contribution in [2.75, 3.05) is 7.05 Å². The van der Waals surface area contributed by atoms with E-state index in [4.69, 9.17) is 5.14 Å². The number of rotatable bonds is 2. The van der Waals surface area contributed by atoms with Gasteiger partial charge in [-0.15, -0.1) is 0 Å². The fourth-order valence-electron chi connectivity index (χ4n) is 0.990. The summed E-state index contributed by atoms with van der Waals surface area (Å²) in [6, 6.07) is 2.77. The summed E-state index contributed by atoms with van der Waals surface area (Å²) in [5.41, 5.74) is -0.357. The molecule has 0 unspecified atom stereocenters. The van der Waals surface area contributed by atoms with Crippen LogP contribution in [0.15, 0.2) is 23.1 Å². The highest BCUT2D eigenvalue weighted by Gasteiger charge is 2.15. The maximum absolute atomic E-state index is 13.1. The van der Waals surface area contributed by atoms with Gasteiger partial charge in [-0.1, -0.05) is 0 Å². The molecule has 1 aromatic carbocycles. The predicted octanol–water partition coefficient (Wildman–Crippen LogP) is -0.167. The third-order valence-corrected chi connectivity index (χ3v) is 2.65. The van der Waals surface area contributed by atoms with Gasteiger partial charge in [-0.25, -0.2) is 17.9 Å². The molecule has 82 valence electrons. The van der Waals surface area contributed by atoms with Crippen molar-refractivity contribution in [1.29, 1.82) is 0 Å². The first-order valence-corrected chi connectivity index (χ1v) is 5.45. The molecular weight excluding hydrogens is 223 g/mol. The summed E-state index contributed by atoms with van der Waals surface area (Å²) in [5.74, 6) is -1.51. The fourth-order valence-corrected chi connectivity index (χ4v) is 1.53. The first-order valence-electron chi connectivity index (χ1n) is 3.90. The van der Waals surface area contributed by atoms with Crippen molar-refractivity contribution in [1.82, 2.24) is 5.32 Å². The largest absolute Gasteiger partial charge is 0.355 e. The first kappa shape index (κ1) is 11.6. The zero-order valence-corrected chi connectivity index (χ0v) is 8.64. The lowest BCUT2D eigenvalue weighted by Crippen LogP contribution is -2.20. The van der Waals surface area contributed by atoms with Gasteiger partial charge in [0.05, 0.1) is 10.5 Å². The summed E-state index contributed by atoms with van der Waals surface area (Å²) >= 11 is 0. The van der Waals surface area contributed by atoms with Crippen molar-refractivity contribution >= 4 is 15.9 Å². The van der Waals surface area contributed by atoms with E-state index in [1.807, 2.05) is 0 Å². The van der Waals surface area contributed by atoms with Crippen molar-refractivity contribution in [2.24, 2.45) is 5.14 Å². The zero-order valence-electron chi connectivity index (χ0n) is 7.82. The molecule has 0 radical (unpaired) electrons. The van der Waals surface area contributed by atoms with Gasteiger partial charge in [0.15, 0.2) is 0 Å². The van der Waals surface area contributed by atoms with Crippen LogP contribution in [0.3, 0.4) is 0 Å². The Kier molecular flexibility index (Phi) is 3.06. The van der Waals surface area contributed by atoms with Crippen LogP contribution in [0.25, 0.3) is 0 Å². The van der Waals surface area contributed by atoms with Gasteiger partial charge < -0.3 is 5.32 Å². The van der Waals surface area contributed by atoms with Crippen LogP contribution in [0, 0.1) is 5.82 Å². The molecule has 0 fully saturated rings. The number of carbonyl (C=O) groups is 1. The number of carbonyl (C=O) groups excluding carboxylic acids is 1. The second kappa shape index (κ2) is 3.95. The van der Waals surface area contributed by atoms with E-state index >= 15 is 0 Å². The molecular formula is C8H9FN2O3S. The smallest absolute Gasteiger partial charge is 0.254 e. The van der Waals surface area contributed by atoms with Crippen molar-refractivity contribution in [3.63, 3.8) is 0 Å². The highest BCUT2D eigenvalue weighted by Crippen LogP contribution is 2.13. The molecule has 0 spiro atoms. The molecule has 7 heteroatoms. The van der Waals surface area contributed by atoms with Crippen LogP contribution in [0.4, 0.5) is 4.39 Å². The van der Waals surface area contributed by atoms with Crippen LogP contribution in [-0.2, 0) is 10.0 Å². The van der Waals surface area contributed by atoms with Gasteiger partial charge in [0, 0.05) is 7.05 Å². The Morgan fingerprint density at radius 1 is 1.47 bits per heavy atom. The molecule has 0 heterocycles. The highest BCUT2D eigenvalue weighted by molar-refractivity contribution is 7.89. The number of hydrogen-bond acceptors (Lipinski definition) is 3. The SMILES string of the molecule is CNC(=O)c1cc(S(N)(=O)=O)ccc1F. The molecule has 5 nitrogen and oxygen atoms in total. The number of sulfonamides is 1. The van der Waals surface area contributed by atoms with Crippen molar-refractivity contribution in [3.8, 4) is 0 Å². The summed E-state index contributed by atoms with van der Waals surface area (Å²) in [5, 5.41) is 7.02. The molecule has 0 aliphatic heterocycles. The van der Waals surface area contributed by atoms with E-state index in [2.05, 4.69) is 5.32 Å². The summed E-state index contributed by atoms with van der Waals surface area (Å²) in [6.07, 6.45) is 0. The number of primary sulfonamides is 1. The Hall–Kier alpha value is -1.47. The van der Waals surface area contributed by atoms with E-state index in [1.165, 1.54) is 7.05 Å². The molecule has 0 saturated carbocycles. The third-order valence-electron chi connectivity index (χ3n) is 1.74. The van der Waals surface area contributed by atoms with Gasteiger partial charge in [-0.3, -0.25) is 4.79 Å². The summed E-state index contributed by atoms with van der Waals surface area (Å²) < 4.78 is 35.0. The summed E-state index contributed by atoms with van der Waals surface area (Å²) in [6.45, 7) is 0. The Bertz CT molecular complexity index is 499. The Morgan fingerprint density at radius 3 is 2.53 bits per heavy atom. The molecule has 1 rings (SSSR count). The van der Waals surface area contributed by atoms with Gasteiger partial charge in [0.25, 0.3) is 5.91 Å². The molecule has 1 aromatic rings. The molecule has 0 aromatic heterocycles. The van der Waals surface area contributed by atoms with E-state index in [0.717, 1.165) is 18.2 Å². The molecule has 0 aliphatic carbocycles. The Morgan fingerprint density at radius 2 is 2.07 bits per heavy atom. The summed E-state index contributed by atoms with van der Waals surface area (Å²) in [4.78, 5) is 10.8. The van der Waals surface area contributed by atoms with E-state index in [1.54, 1.807) is 0 Å². The topological polar surface area (TPSA) is 89.3 Å². The van der Waals surface area contributed by atoms with Crippen LogP contribution in [0.5, 0.6) is 0 Å². The number of hydrogen-bond donors (Lipinski definition) is 2. The second-order valence-corrected chi connectivity index (χ2v) is 4.33. The minimum absolute atomic E-state index is 0.303. The van der Waals surface area contributed by atoms with E-state index in [9.17, 15) is 17.6 Å². The van der Waals surface area contributed by atoms with Crippen molar-refractivity contribution in [3.05, 3.63) is 29.6 Å². The molecule has 1 amide bonds. The zero-order chi connectivity index (χ0) is 11.6. The molecule has 0 bridgehead atoms. The normalized spacial score (nSPS) is 11.1. The monoisotopic (exact) mass is 232 g/mol. The number of nitrogens with two attached hydrogens (primary N) is 1. The maximum atomic E-state index is 13.1. The van der Waals surface area contributed by atoms with Crippen LogP contribution in [0.1, 0.15) is 10.4 Å². The van der Waals surface area contributed by atoms with Gasteiger partial charge in [0.2, 0.25) is 10.0 Å². The van der Waals surface area contributed by atoms with Crippen LogP contribution in [-0.4, -0.2) is 21.4 Å². The lowest BCUT2D eigenvalue weighted by atomic mass is 10.2. The number of amides is 1. The van der Waals surface area contributed by atoms with Crippen LogP contribution < -0.4 is 10.5 Å². The van der Waals surface area contributed by atoms with Crippen LogP contribution >= 0.6 is 0 Å². The van der Waals surface area contributed by atoms with E-state index in [0.29, 0.717) is 0 Å². The van der Waals surface area contributed by atoms with E-state index in [-0.39, 0.29) is 10.5 Å². The molecule has 3 N–H and O–H groups in total. The Labute approximate surface area is 86.1 Å². The molecule has 0 saturated heterocycles. The van der Waals surface area contributed by atoms with Gasteiger partial charge >= 0.3 is 0 Å². The standard InChI is InChI=1S/C8H9FN2O3S/c1-11-8(12)6-4-5(15(10,13)14)2-3-7(6)9/h2-4H,1H3,(H,11,12)(H2,10,13,14). The highest BCUT2D eigenvalue weighted by atomic mass is 32.2. The average molecular weight is 232 g/mol.